The molecule has 4 heterocycles. The Kier molecular flexibility index (Phi) is 5.48. The molecule has 1 fully saturated rings. The predicted molar refractivity (Wildman–Crippen MR) is 112 cm³/mol. The summed E-state index contributed by atoms with van der Waals surface area (Å²) in [5.74, 6) is 1.97. The van der Waals surface area contributed by atoms with E-state index in [1.54, 1.807) is 0 Å². The van der Waals surface area contributed by atoms with Crippen LogP contribution in [0.25, 0.3) is 0 Å². The van der Waals surface area contributed by atoms with Gasteiger partial charge in [-0.25, -0.2) is 15.0 Å². The van der Waals surface area contributed by atoms with E-state index in [1.807, 2.05) is 56.9 Å². The molecule has 3 aromatic heterocycles. The standard InChI is InChI=1S/C22H26N6O2/c1-13-11-14(2)24-22(23-13)26-20-9-5-7-18(25-20)19-8-6-10-28(19)21(29)12-17-15(3)27-30-16(17)4/h5,7,9,11,19H,6,8,10,12H2,1-4H3,(H,23,24,25,26)/t19-/m1/s1. The summed E-state index contributed by atoms with van der Waals surface area (Å²) in [5.41, 5.74) is 4.31. The normalized spacial score (nSPS) is 16.1. The highest BCUT2D eigenvalue weighted by molar-refractivity contribution is 5.80. The number of nitrogens with zero attached hydrogens (tertiary/aromatic N) is 5. The fourth-order valence-electron chi connectivity index (χ4n) is 3.98. The first-order valence-electron chi connectivity index (χ1n) is 10.2. The number of pyridine rings is 1. The van der Waals surface area contributed by atoms with E-state index in [-0.39, 0.29) is 11.9 Å². The van der Waals surface area contributed by atoms with Gasteiger partial charge in [-0.05, 0) is 58.7 Å². The van der Waals surface area contributed by atoms with Crippen LogP contribution < -0.4 is 5.32 Å². The third-order valence-electron chi connectivity index (χ3n) is 5.42. The molecule has 156 valence electrons. The van der Waals surface area contributed by atoms with Gasteiger partial charge in [-0.3, -0.25) is 4.79 Å². The summed E-state index contributed by atoms with van der Waals surface area (Å²) in [6, 6.07) is 7.69. The van der Waals surface area contributed by atoms with Crippen molar-refractivity contribution < 1.29 is 9.32 Å². The summed E-state index contributed by atoms with van der Waals surface area (Å²) in [6.45, 7) is 8.31. The van der Waals surface area contributed by atoms with E-state index in [0.717, 1.165) is 47.7 Å². The number of rotatable bonds is 5. The van der Waals surface area contributed by atoms with E-state index >= 15 is 0 Å². The second-order valence-electron chi connectivity index (χ2n) is 7.77. The maximum atomic E-state index is 13.0. The molecule has 1 N–H and O–H groups in total. The van der Waals surface area contributed by atoms with Gasteiger partial charge in [0.25, 0.3) is 0 Å². The molecule has 0 spiro atoms. The molecule has 8 nitrogen and oxygen atoms in total. The van der Waals surface area contributed by atoms with Gasteiger partial charge in [0.05, 0.1) is 23.9 Å². The van der Waals surface area contributed by atoms with Crippen molar-refractivity contribution in [2.75, 3.05) is 11.9 Å². The zero-order valence-corrected chi connectivity index (χ0v) is 17.8. The number of amides is 1. The summed E-state index contributed by atoms with van der Waals surface area (Å²) < 4.78 is 5.21. The van der Waals surface area contributed by atoms with E-state index in [0.29, 0.717) is 23.9 Å². The highest BCUT2D eigenvalue weighted by Gasteiger charge is 2.31. The summed E-state index contributed by atoms with van der Waals surface area (Å²) in [7, 11) is 0. The van der Waals surface area contributed by atoms with Gasteiger partial charge in [-0.1, -0.05) is 11.2 Å². The molecule has 1 aliphatic heterocycles. The van der Waals surface area contributed by atoms with Crippen LogP contribution in [0.2, 0.25) is 0 Å². The molecular weight excluding hydrogens is 380 g/mol. The minimum atomic E-state index is -0.0418. The molecule has 0 unspecified atom stereocenters. The molecule has 0 aliphatic carbocycles. The van der Waals surface area contributed by atoms with Crippen LogP contribution in [0.3, 0.4) is 0 Å². The first kappa shape index (κ1) is 20.0. The Balaban J connectivity index is 1.52. The number of aromatic nitrogens is 4. The summed E-state index contributed by atoms with van der Waals surface area (Å²) in [6.07, 6.45) is 2.15. The molecule has 1 aliphatic rings. The lowest BCUT2D eigenvalue weighted by Gasteiger charge is -2.24. The number of aryl methyl sites for hydroxylation is 4. The van der Waals surface area contributed by atoms with Gasteiger partial charge in [0.15, 0.2) is 0 Å². The lowest BCUT2D eigenvalue weighted by atomic mass is 10.1. The van der Waals surface area contributed by atoms with Crippen molar-refractivity contribution in [1.82, 2.24) is 25.0 Å². The smallest absolute Gasteiger partial charge is 0.228 e. The Bertz CT molecular complexity index is 1040. The molecule has 3 aromatic rings. The van der Waals surface area contributed by atoms with Gasteiger partial charge < -0.3 is 14.7 Å². The number of hydrogen-bond donors (Lipinski definition) is 1. The molecule has 1 atom stereocenters. The van der Waals surface area contributed by atoms with Crippen molar-refractivity contribution in [3.63, 3.8) is 0 Å². The van der Waals surface area contributed by atoms with Crippen LogP contribution in [0.4, 0.5) is 11.8 Å². The molecule has 1 saturated heterocycles. The molecule has 30 heavy (non-hydrogen) atoms. The van der Waals surface area contributed by atoms with Crippen LogP contribution in [0.15, 0.2) is 28.8 Å². The second-order valence-corrected chi connectivity index (χ2v) is 7.77. The summed E-state index contributed by atoms with van der Waals surface area (Å²) >= 11 is 0. The number of nitrogens with one attached hydrogen (secondary N) is 1. The van der Waals surface area contributed by atoms with Crippen LogP contribution in [0.5, 0.6) is 0 Å². The van der Waals surface area contributed by atoms with Gasteiger partial charge in [0.1, 0.15) is 11.6 Å². The maximum Gasteiger partial charge on any atom is 0.228 e. The zero-order valence-electron chi connectivity index (χ0n) is 17.8. The Morgan fingerprint density at radius 1 is 1.17 bits per heavy atom. The minimum Gasteiger partial charge on any atom is -0.361 e. The largest absolute Gasteiger partial charge is 0.361 e. The van der Waals surface area contributed by atoms with E-state index in [9.17, 15) is 4.79 Å². The van der Waals surface area contributed by atoms with E-state index in [4.69, 9.17) is 9.51 Å². The highest BCUT2D eigenvalue weighted by Crippen LogP contribution is 2.32. The van der Waals surface area contributed by atoms with E-state index in [1.165, 1.54) is 0 Å². The van der Waals surface area contributed by atoms with Gasteiger partial charge in [0.2, 0.25) is 11.9 Å². The molecule has 1 amide bonds. The minimum absolute atomic E-state index is 0.0418. The lowest BCUT2D eigenvalue weighted by Crippen LogP contribution is -2.32. The molecular formula is C22H26N6O2. The fraction of sp³-hybridized carbons (Fsp3) is 0.409. The maximum absolute atomic E-state index is 13.0. The highest BCUT2D eigenvalue weighted by atomic mass is 16.5. The van der Waals surface area contributed by atoms with Crippen LogP contribution >= 0.6 is 0 Å². The van der Waals surface area contributed by atoms with Crippen molar-refractivity contribution in [3.8, 4) is 0 Å². The molecule has 8 heteroatoms. The van der Waals surface area contributed by atoms with Crippen molar-refractivity contribution in [2.45, 2.75) is 53.0 Å². The topological polar surface area (TPSA) is 97.0 Å². The Morgan fingerprint density at radius 3 is 2.63 bits per heavy atom. The number of carbonyl (C=O) groups excluding carboxylic acids is 1. The Morgan fingerprint density at radius 2 is 1.93 bits per heavy atom. The first-order valence-corrected chi connectivity index (χ1v) is 10.2. The average molecular weight is 406 g/mol. The number of hydrogen-bond acceptors (Lipinski definition) is 7. The number of anilines is 2. The number of likely N-dealkylation sites (tertiary alicyclic amines) is 1. The van der Waals surface area contributed by atoms with E-state index in [2.05, 4.69) is 20.4 Å². The number of carbonyl (C=O) groups is 1. The van der Waals surface area contributed by atoms with Gasteiger partial charge in [-0.2, -0.15) is 0 Å². The SMILES string of the molecule is Cc1cc(C)nc(Nc2cccc([C@H]3CCCN3C(=O)Cc3c(C)noc3C)n2)n1. The second kappa shape index (κ2) is 8.22. The fourth-order valence-corrected chi connectivity index (χ4v) is 3.98. The predicted octanol–water partition coefficient (Wildman–Crippen LogP) is 3.74. The van der Waals surface area contributed by atoms with Gasteiger partial charge >= 0.3 is 0 Å². The lowest BCUT2D eigenvalue weighted by molar-refractivity contribution is -0.131. The Hall–Kier alpha value is -3.29. The van der Waals surface area contributed by atoms with Gasteiger partial charge in [-0.15, -0.1) is 0 Å². The van der Waals surface area contributed by atoms with E-state index < -0.39 is 0 Å². The molecule has 0 radical (unpaired) electrons. The monoisotopic (exact) mass is 406 g/mol. The van der Waals surface area contributed by atoms with Crippen LogP contribution in [0, 0.1) is 27.7 Å². The van der Waals surface area contributed by atoms with Crippen LogP contribution in [0.1, 0.15) is 53.0 Å². The first-order chi connectivity index (χ1) is 14.4. The molecule has 4 rings (SSSR count). The zero-order chi connectivity index (χ0) is 21.3. The van der Waals surface area contributed by atoms with Crippen LogP contribution in [-0.4, -0.2) is 37.5 Å². The molecule has 0 bridgehead atoms. The summed E-state index contributed by atoms with van der Waals surface area (Å²) in [5, 5.41) is 7.15. The quantitative estimate of drug-likeness (QED) is 0.689. The molecule has 0 saturated carbocycles. The van der Waals surface area contributed by atoms with Crippen molar-refractivity contribution in [1.29, 1.82) is 0 Å². The average Bonchev–Trinajstić information content (AvgIpc) is 3.30. The third kappa shape index (κ3) is 4.17. The van der Waals surface area contributed by atoms with Crippen molar-refractivity contribution >= 4 is 17.7 Å². The van der Waals surface area contributed by atoms with Gasteiger partial charge in [0, 0.05) is 23.5 Å². The van der Waals surface area contributed by atoms with Crippen molar-refractivity contribution in [2.24, 2.45) is 0 Å². The van der Waals surface area contributed by atoms with Crippen LogP contribution in [-0.2, 0) is 11.2 Å². The molecule has 0 aromatic carbocycles. The van der Waals surface area contributed by atoms with Crippen molar-refractivity contribution in [3.05, 3.63) is 58.4 Å². The summed E-state index contributed by atoms with van der Waals surface area (Å²) in [4.78, 5) is 28.6. The Labute approximate surface area is 175 Å². The third-order valence-corrected chi connectivity index (χ3v) is 5.42.